The van der Waals surface area contributed by atoms with Crippen molar-refractivity contribution in [3.05, 3.63) is 59.1 Å². The number of ether oxygens (including phenoxy) is 1. The van der Waals surface area contributed by atoms with Gasteiger partial charge in [0, 0.05) is 36.8 Å². The number of alkyl halides is 3. The smallest absolute Gasteiger partial charge is 0.406 e. The SMILES string of the molecule is O=C(c1ccc(OC(F)(F)F)cc1)N1CCN(S(=O)(=O)c2ccc(Cl)cc2)CC1. The molecule has 0 saturated carbocycles. The average molecular weight is 449 g/mol. The second-order valence-corrected chi connectivity index (χ2v) is 8.60. The quantitative estimate of drug-likeness (QED) is 0.719. The maximum Gasteiger partial charge on any atom is 0.573 e. The molecule has 1 heterocycles. The largest absolute Gasteiger partial charge is 0.573 e. The number of hydrogen-bond acceptors (Lipinski definition) is 4. The van der Waals surface area contributed by atoms with Crippen LogP contribution in [0.1, 0.15) is 10.4 Å². The second kappa shape index (κ2) is 8.21. The molecule has 0 aliphatic carbocycles. The van der Waals surface area contributed by atoms with Crippen LogP contribution in [0.2, 0.25) is 5.02 Å². The Kier molecular flexibility index (Phi) is 6.06. The Morgan fingerprint density at radius 1 is 0.931 bits per heavy atom. The van der Waals surface area contributed by atoms with E-state index in [-0.39, 0.29) is 36.6 Å². The summed E-state index contributed by atoms with van der Waals surface area (Å²) in [5.41, 5.74) is 0.188. The molecule has 1 amide bonds. The molecule has 1 aliphatic rings. The van der Waals surface area contributed by atoms with Gasteiger partial charge in [0.15, 0.2) is 0 Å². The van der Waals surface area contributed by atoms with E-state index in [9.17, 15) is 26.4 Å². The number of sulfonamides is 1. The molecular formula is C18H16ClF3N2O4S. The first-order chi connectivity index (χ1) is 13.6. The lowest BCUT2D eigenvalue weighted by atomic mass is 10.2. The molecule has 1 saturated heterocycles. The molecule has 1 fully saturated rings. The molecule has 0 spiro atoms. The molecule has 0 bridgehead atoms. The Morgan fingerprint density at radius 2 is 1.48 bits per heavy atom. The van der Waals surface area contributed by atoms with Crippen molar-refractivity contribution in [1.29, 1.82) is 0 Å². The number of rotatable bonds is 4. The molecule has 0 aromatic heterocycles. The van der Waals surface area contributed by atoms with Crippen LogP contribution >= 0.6 is 11.6 Å². The van der Waals surface area contributed by atoms with Crippen LogP contribution in [0.5, 0.6) is 5.75 Å². The van der Waals surface area contributed by atoms with Crippen molar-refractivity contribution in [2.75, 3.05) is 26.2 Å². The third kappa shape index (κ3) is 5.20. The maximum absolute atomic E-state index is 12.7. The van der Waals surface area contributed by atoms with Crippen LogP contribution in [-0.2, 0) is 10.0 Å². The average Bonchev–Trinajstić information content (AvgIpc) is 2.67. The number of piperazine rings is 1. The van der Waals surface area contributed by atoms with Crippen LogP contribution < -0.4 is 4.74 Å². The zero-order chi connectivity index (χ0) is 21.2. The van der Waals surface area contributed by atoms with Crippen LogP contribution in [0.15, 0.2) is 53.4 Å². The van der Waals surface area contributed by atoms with Crippen LogP contribution in [0.25, 0.3) is 0 Å². The van der Waals surface area contributed by atoms with Crippen molar-refractivity contribution in [3.8, 4) is 5.75 Å². The monoisotopic (exact) mass is 448 g/mol. The lowest BCUT2D eigenvalue weighted by Gasteiger charge is -2.34. The Balaban J connectivity index is 1.63. The van der Waals surface area contributed by atoms with E-state index in [0.29, 0.717) is 5.02 Å². The van der Waals surface area contributed by atoms with E-state index < -0.39 is 28.0 Å². The summed E-state index contributed by atoms with van der Waals surface area (Å²) in [6.45, 7) is 0.525. The minimum Gasteiger partial charge on any atom is -0.406 e. The number of halogens is 4. The van der Waals surface area contributed by atoms with E-state index in [1.165, 1.54) is 45.6 Å². The van der Waals surface area contributed by atoms with Crippen molar-refractivity contribution in [2.45, 2.75) is 11.3 Å². The minimum absolute atomic E-state index is 0.103. The van der Waals surface area contributed by atoms with Gasteiger partial charge < -0.3 is 9.64 Å². The molecule has 156 valence electrons. The molecule has 2 aromatic rings. The van der Waals surface area contributed by atoms with Crippen molar-refractivity contribution in [2.24, 2.45) is 0 Å². The minimum atomic E-state index is -4.81. The Bertz CT molecular complexity index is 972. The number of carbonyl (C=O) groups is 1. The molecular weight excluding hydrogens is 433 g/mol. The Labute approximate surface area is 170 Å². The van der Waals surface area contributed by atoms with Gasteiger partial charge in [-0.3, -0.25) is 4.79 Å². The Hall–Kier alpha value is -2.30. The van der Waals surface area contributed by atoms with Crippen molar-refractivity contribution in [3.63, 3.8) is 0 Å². The van der Waals surface area contributed by atoms with E-state index in [2.05, 4.69) is 4.74 Å². The van der Waals surface area contributed by atoms with E-state index in [4.69, 9.17) is 11.6 Å². The number of hydrogen-bond donors (Lipinski definition) is 0. The highest BCUT2D eigenvalue weighted by Crippen LogP contribution is 2.24. The van der Waals surface area contributed by atoms with Gasteiger partial charge in [-0.1, -0.05) is 11.6 Å². The van der Waals surface area contributed by atoms with Gasteiger partial charge in [-0.15, -0.1) is 13.2 Å². The first-order valence-electron chi connectivity index (χ1n) is 8.47. The van der Waals surface area contributed by atoms with Gasteiger partial charge in [-0.2, -0.15) is 4.31 Å². The molecule has 3 rings (SSSR count). The third-order valence-electron chi connectivity index (χ3n) is 4.31. The summed E-state index contributed by atoms with van der Waals surface area (Å²) >= 11 is 5.78. The zero-order valence-electron chi connectivity index (χ0n) is 14.9. The predicted octanol–water partition coefficient (Wildman–Crippen LogP) is 3.39. The van der Waals surface area contributed by atoms with E-state index >= 15 is 0 Å². The van der Waals surface area contributed by atoms with Gasteiger partial charge in [0.1, 0.15) is 5.75 Å². The molecule has 2 aromatic carbocycles. The number of carbonyl (C=O) groups excluding carboxylic acids is 1. The third-order valence-corrected chi connectivity index (χ3v) is 6.48. The topological polar surface area (TPSA) is 66.9 Å². The van der Waals surface area contributed by atoms with Crippen LogP contribution in [-0.4, -0.2) is 56.1 Å². The van der Waals surface area contributed by atoms with Gasteiger partial charge >= 0.3 is 6.36 Å². The van der Waals surface area contributed by atoms with Gasteiger partial charge in [0.05, 0.1) is 4.90 Å². The standard InChI is InChI=1S/C18H16ClF3N2O4S/c19-14-3-7-16(8-4-14)29(26,27)24-11-9-23(10-12-24)17(25)13-1-5-15(6-2-13)28-18(20,21)22/h1-8H,9-12H2. The lowest BCUT2D eigenvalue weighted by molar-refractivity contribution is -0.274. The van der Waals surface area contributed by atoms with E-state index in [0.717, 1.165) is 12.1 Å². The molecule has 11 heteroatoms. The Morgan fingerprint density at radius 3 is 2.00 bits per heavy atom. The van der Waals surface area contributed by atoms with Crippen molar-refractivity contribution >= 4 is 27.5 Å². The molecule has 6 nitrogen and oxygen atoms in total. The highest BCUT2D eigenvalue weighted by molar-refractivity contribution is 7.89. The molecule has 0 N–H and O–H groups in total. The zero-order valence-corrected chi connectivity index (χ0v) is 16.5. The van der Waals surface area contributed by atoms with Crippen molar-refractivity contribution in [1.82, 2.24) is 9.21 Å². The van der Waals surface area contributed by atoms with Gasteiger partial charge in [-0.25, -0.2) is 8.42 Å². The highest BCUT2D eigenvalue weighted by Gasteiger charge is 2.32. The lowest BCUT2D eigenvalue weighted by Crippen LogP contribution is -2.50. The molecule has 1 aliphatic heterocycles. The van der Waals surface area contributed by atoms with Crippen LogP contribution in [0.4, 0.5) is 13.2 Å². The molecule has 0 radical (unpaired) electrons. The summed E-state index contributed by atoms with van der Waals surface area (Å²) < 4.78 is 67.0. The first kappa shape index (κ1) is 21.4. The van der Waals surface area contributed by atoms with Crippen LogP contribution in [0.3, 0.4) is 0 Å². The fourth-order valence-electron chi connectivity index (χ4n) is 2.87. The van der Waals surface area contributed by atoms with Gasteiger partial charge in [-0.05, 0) is 48.5 Å². The van der Waals surface area contributed by atoms with E-state index in [1.807, 2.05) is 0 Å². The number of nitrogens with zero attached hydrogens (tertiary/aromatic N) is 2. The van der Waals surface area contributed by atoms with Gasteiger partial charge in [0.2, 0.25) is 10.0 Å². The van der Waals surface area contributed by atoms with Gasteiger partial charge in [0.25, 0.3) is 5.91 Å². The molecule has 0 unspecified atom stereocenters. The summed E-state index contributed by atoms with van der Waals surface area (Å²) in [6.07, 6.45) is -4.81. The number of amides is 1. The van der Waals surface area contributed by atoms with E-state index in [1.54, 1.807) is 0 Å². The van der Waals surface area contributed by atoms with Crippen LogP contribution in [0, 0.1) is 0 Å². The normalized spacial score (nSPS) is 15.9. The summed E-state index contributed by atoms with van der Waals surface area (Å²) in [7, 11) is -3.70. The fraction of sp³-hybridized carbons (Fsp3) is 0.278. The second-order valence-electron chi connectivity index (χ2n) is 6.22. The highest BCUT2D eigenvalue weighted by atomic mass is 35.5. The molecule has 29 heavy (non-hydrogen) atoms. The summed E-state index contributed by atoms with van der Waals surface area (Å²) in [6, 6.07) is 10.4. The number of benzene rings is 2. The fourth-order valence-corrected chi connectivity index (χ4v) is 4.42. The summed E-state index contributed by atoms with van der Waals surface area (Å²) in [5, 5.41) is 0.422. The predicted molar refractivity (Wildman–Crippen MR) is 99.2 cm³/mol. The first-order valence-corrected chi connectivity index (χ1v) is 10.3. The summed E-state index contributed by atoms with van der Waals surface area (Å²) in [5.74, 6) is -0.819. The van der Waals surface area contributed by atoms with Crippen molar-refractivity contribution < 1.29 is 31.1 Å². The molecule has 0 atom stereocenters. The maximum atomic E-state index is 12.7. The summed E-state index contributed by atoms with van der Waals surface area (Å²) in [4.78, 5) is 14.1.